The van der Waals surface area contributed by atoms with Crippen molar-refractivity contribution in [1.29, 1.82) is 0 Å². The molecule has 0 saturated heterocycles. The maximum atomic E-state index is 11.2. The van der Waals surface area contributed by atoms with Crippen LogP contribution < -0.4 is 0 Å². The van der Waals surface area contributed by atoms with Gasteiger partial charge in [-0.05, 0) is 19.8 Å². The van der Waals surface area contributed by atoms with Gasteiger partial charge in [0.15, 0.2) is 6.29 Å². The Morgan fingerprint density at radius 2 is 1.04 bits per heavy atom. The fraction of sp³-hybridized carbons (Fsp3) is 0.957. The molecule has 0 amide bonds. The van der Waals surface area contributed by atoms with E-state index in [1.807, 2.05) is 0 Å². The number of hydrogen-bond acceptors (Lipinski definition) is 3. The second-order valence-corrected chi connectivity index (χ2v) is 7.65. The Bertz CT molecular complexity index is 271. The van der Waals surface area contributed by atoms with Crippen LogP contribution in [0.15, 0.2) is 0 Å². The molecule has 0 N–H and O–H groups in total. The van der Waals surface area contributed by atoms with Crippen LogP contribution in [-0.4, -0.2) is 25.3 Å². The highest BCUT2D eigenvalue weighted by Crippen LogP contribution is 2.12. The van der Waals surface area contributed by atoms with E-state index in [2.05, 4.69) is 13.8 Å². The lowest BCUT2D eigenvalue weighted by Gasteiger charge is -2.18. The van der Waals surface area contributed by atoms with E-state index >= 15 is 0 Å². The summed E-state index contributed by atoms with van der Waals surface area (Å²) >= 11 is 0. The van der Waals surface area contributed by atoms with E-state index in [4.69, 9.17) is 9.47 Å². The number of carbonyl (C=O) groups is 1. The molecule has 0 aromatic heterocycles. The fourth-order valence-corrected chi connectivity index (χ4v) is 3.08. The molecule has 0 fully saturated rings. The zero-order valence-corrected chi connectivity index (χ0v) is 18.0. The van der Waals surface area contributed by atoms with Gasteiger partial charge in [-0.1, -0.05) is 90.9 Å². The molecule has 0 aromatic rings. The van der Waals surface area contributed by atoms with Crippen molar-refractivity contribution < 1.29 is 14.3 Å². The second-order valence-electron chi connectivity index (χ2n) is 7.65. The van der Waals surface area contributed by atoms with Gasteiger partial charge in [-0.15, -0.1) is 0 Å². The van der Waals surface area contributed by atoms with Crippen molar-refractivity contribution in [3.8, 4) is 0 Å². The topological polar surface area (TPSA) is 35.5 Å². The summed E-state index contributed by atoms with van der Waals surface area (Å²) in [5.74, 6) is 0.217. The monoisotopic (exact) mass is 370 g/mol. The van der Waals surface area contributed by atoms with Gasteiger partial charge in [0.25, 0.3) is 0 Å². The molecule has 0 bridgehead atoms. The number of ketones is 1. The maximum Gasteiger partial charge on any atom is 0.157 e. The average molecular weight is 371 g/mol. The first-order valence-corrected chi connectivity index (χ1v) is 11.4. The van der Waals surface area contributed by atoms with Gasteiger partial charge >= 0.3 is 0 Å². The highest BCUT2D eigenvalue weighted by atomic mass is 16.7. The summed E-state index contributed by atoms with van der Waals surface area (Å²) in [5, 5.41) is 0. The predicted octanol–water partition coefficient (Wildman–Crippen LogP) is 7.22. The molecule has 0 aliphatic heterocycles. The Morgan fingerprint density at radius 1 is 0.654 bits per heavy atom. The third kappa shape index (κ3) is 19.9. The van der Waals surface area contributed by atoms with Crippen molar-refractivity contribution in [2.45, 2.75) is 130 Å². The summed E-state index contributed by atoms with van der Waals surface area (Å²) in [6.45, 7) is 7.66. The minimum atomic E-state index is -0.195. The third-order valence-electron chi connectivity index (χ3n) is 4.84. The standard InChI is InChI=1S/C23H46O3/c1-4-6-8-10-12-14-16-20-25-23(19-18-22(3)24)26-21-17-15-13-11-9-7-5-2/h23H,4-21H2,1-3H3. The molecule has 3 heteroatoms. The maximum absolute atomic E-state index is 11.2. The lowest BCUT2D eigenvalue weighted by molar-refractivity contribution is -0.150. The van der Waals surface area contributed by atoms with Gasteiger partial charge in [0.2, 0.25) is 0 Å². The van der Waals surface area contributed by atoms with E-state index in [0.717, 1.165) is 26.1 Å². The van der Waals surface area contributed by atoms with Crippen LogP contribution >= 0.6 is 0 Å². The Morgan fingerprint density at radius 3 is 1.42 bits per heavy atom. The quantitative estimate of drug-likeness (QED) is 0.158. The van der Waals surface area contributed by atoms with E-state index in [1.165, 1.54) is 77.0 Å². The molecule has 0 aliphatic carbocycles. The first-order valence-electron chi connectivity index (χ1n) is 11.4. The molecule has 0 spiro atoms. The highest BCUT2D eigenvalue weighted by molar-refractivity contribution is 5.75. The molecule has 0 heterocycles. The minimum Gasteiger partial charge on any atom is -0.353 e. The Hall–Kier alpha value is -0.410. The third-order valence-corrected chi connectivity index (χ3v) is 4.84. The largest absolute Gasteiger partial charge is 0.353 e. The number of unbranched alkanes of at least 4 members (excludes halogenated alkanes) is 12. The zero-order valence-electron chi connectivity index (χ0n) is 18.0. The normalized spacial score (nSPS) is 11.4. The molecule has 0 aromatic carbocycles. The lowest BCUT2D eigenvalue weighted by atomic mass is 10.1. The van der Waals surface area contributed by atoms with E-state index < -0.39 is 0 Å². The van der Waals surface area contributed by atoms with Crippen LogP contribution in [0, 0.1) is 0 Å². The highest BCUT2D eigenvalue weighted by Gasteiger charge is 2.10. The zero-order chi connectivity index (χ0) is 19.3. The molecule has 0 atom stereocenters. The van der Waals surface area contributed by atoms with Gasteiger partial charge in [0.1, 0.15) is 5.78 Å². The molecular formula is C23H46O3. The van der Waals surface area contributed by atoms with Crippen LogP contribution in [0.5, 0.6) is 0 Å². The van der Waals surface area contributed by atoms with E-state index in [-0.39, 0.29) is 12.1 Å². The summed E-state index contributed by atoms with van der Waals surface area (Å²) in [5.41, 5.74) is 0. The van der Waals surface area contributed by atoms with Crippen molar-refractivity contribution in [2.75, 3.05) is 13.2 Å². The fourth-order valence-electron chi connectivity index (χ4n) is 3.08. The van der Waals surface area contributed by atoms with Crippen molar-refractivity contribution >= 4 is 5.78 Å². The Labute approximate surface area is 163 Å². The lowest BCUT2D eigenvalue weighted by Crippen LogP contribution is -2.20. The van der Waals surface area contributed by atoms with Crippen molar-refractivity contribution in [3.63, 3.8) is 0 Å². The molecule has 0 rings (SSSR count). The molecular weight excluding hydrogens is 324 g/mol. The molecule has 3 nitrogen and oxygen atoms in total. The predicted molar refractivity (Wildman–Crippen MR) is 112 cm³/mol. The minimum absolute atomic E-state index is 0.195. The van der Waals surface area contributed by atoms with Crippen LogP contribution in [0.4, 0.5) is 0 Å². The van der Waals surface area contributed by atoms with Crippen LogP contribution in [0.1, 0.15) is 124 Å². The van der Waals surface area contributed by atoms with E-state index in [9.17, 15) is 4.79 Å². The van der Waals surface area contributed by atoms with Crippen molar-refractivity contribution in [1.82, 2.24) is 0 Å². The molecule has 0 aliphatic rings. The summed E-state index contributed by atoms with van der Waals surface area (Å²) in [6, 6.07) is 0. The van der Waals surface area contributed by atoms with Crippen LogP contribution in [-0.2, 0) is 14.3 Å². The number of carbonyl (C=O) groups excluding carboxylic acids is 1. The van der Waals surface area contributed by atoms with E-state index in [0.29, 0.717) is 12.8 Å². The van der Waals surface area contributed by atoms with Crippen molar-refractivity contribution in [3.05, 3.63) is 0 Å². The smallest absolute Gasteiger partial charge is 0.157 e. The summed E-state index contributed by atoms with van der Waals surface area (Å²) in [4.78, 5) is 11.2. The number of rotatable bonds is 21. The average Bonchev–Trinajstić information content (AvgIpc) is 2.63. The van der Waals surface area contributed by atoms with Gasteiger partial charge in [0, 0.05) is 26.1 Å². The summed E-state index contributed by atoms with van der Waals surface area (Å²) in [7, 11) is 0. The summed E-state index contributed by atoms with van der Waals surface area (Å²) in [6.07, 6.45) is 19.1. The van der Waals surface area contributed by atoms with Crippen LogP contribution in [0.2, 0.25) is 0 Å². The van der Waals surface area contributed by atoms with Gasteiger partial charge in [0.05, 0.1) is 0 Å². The number of hydrogen-bond donors (Lipinski definition) is 0. The second kappa shape index (κ2) is 20.9. The molecule has 0 radical (unpaired) electrons. The van der Waals surface area contributed by atoms with Gasteiger partial charge in [-0.2, -0.15) is 0 Å². The number of ether oxygens (including phenoxy) is 2. The van der Waals surface area contributed by atoms with Crippen LogP contribution in [0.25, 0.3) is 0 Å². The number of Topliss-reactive ketones (excluding diaryl/α,β-unsaturated/α-hetero) is 1. The van der Waals surface area contributed by atoms with Crippen LogP contribution in [0.3, 0.4) is 0 Å². The summed E-state index contributed by atoms with van der Waals surface area (Å²) < 4.78 is 11.8. The first-order chi connectivity index (χ1) is 12.7. The SMILES string of the molecule is CCCCCCCCCOC(CCC(C)=O)OCCCCCCCCC. The van der Waals surface area contributed by atoms with Crippen molar-refractivity contribution in [2.24, 2.45) is 0 Å². The molecule has 0 saturated carbocycles. The van der Waals surface area contributed by atoms with Gasteiger partial charge in [-0.3, -0.25) is 0 Å². The Balaban J connectivity index is 3.68. The molecule has 156 valence electrons. The van der Waals surface area contributed by atoms with Gasteiger partial charge in [-0.25, -0.2) is 0 Å². The first kappa shape index (κ1) is 25.6. The molecule has 26 heavy (non-hydrogen) atoms. The Kier molecular flexibility index (Phi) is 20.6. The molecule has 0 unspecified atom stereocenters. The van der Waals surface area contributed by atoms with E-state index in [1.54, 1.807) is 6.92 Å². The van der Waals surface area contributed by atoms with Gasteiger partial charge < -0.3 is 14.3 Å².